The molecule has 0 radical (unpaired) electrons. The van der Waals surface area contributed by atoms with Crippen molar-refractivity contribution >= 4 is 19.7 Å². The van der Waals surface area contributed by atoms with Crippen LogP contribution in [0.4, 0.5) is 0 Å². The second kappa shape index (κ2) is 11.5. The van der Waals surface area contributed by atoms with Crippen molar-refractivity contribution in [3.05, 3.63) is 60.4 Å². The summed E-state index contributed by atoms with van der Waals surface area (Å²) in [5, 5.41) is 23.0. The average molecular weight is 496 g/mol. The molecule has 0 bridgehead atoms. The van der Waals surface area contributed by atoms with E-state index in [4.69, 9.17) is 18.5 Å². The zero-order valence-corrected chi connectivity index (χ0v) is 19.2. The molecule has 1 aliphatic rings. The Labute approximate surface area is 195 Å². The van der Waals surface area contributed by atoms with Crippen LogP contribution in [0, 0.1) is 0 Å². The Morgan fingerprint density at radius 1 is 1.18 bits per heavy atom. The molecule has 2 aromatic rings. The molecular formula is C21H25N2O10P. The van der Waals surface area contributed by atoms with Gasteiger partial charge in [0.25, 0.3) is 0 Å². The van der Waals surface area contributed by atoms with Gasteiger partial charge in [-0.2, -0.15) is 5.09 Å². The molecule has 6 atom stereocenters. The largest absolute Gasteiger partial charge is 0.468 e. The Balaban J connectivity index is 1.66. The molecule has 0 spiro atoms. The Kier molecular flexibility index (Phi) is 8.72. The van der Waals surface area contributed by atoms with E-state index in [-0.39, 0.29) is 11.3 Å². The Morgan fingerprint density at radius 2 is 1.91 bits per heavy atom. The van der Waals surface area contributed by atoms with Gasteiger partial charge in [0, 0.05) is 12.4 Å². The summed E-state index contributed by atoms with van der Waals surface area (Å²) in [6.07, 6.45) is -3.12. The van der Waals surface area contributed by atoms with E-state index in [2.05, 4.69) is 14.8 Å². The minimum absolute atomic E-state index is 0.120. The summed E-state index contributed by atoms with van der Waals surface area (Å²) < 4.78 is 39.4. The van der Waals surface area contributed by atoms with Crippen molar-refractivity contribution in [2.45, 2.75) is 37.6 Å². The lowest BCUT2D eigenvalue weighted by Crippen LogP contribution is -2.37. The highest BCUT2D eigenvalue weighted by atomic mass is 31.2. The minimum Gasteiger partial charge on any atom is -0.468 e. The second-order valence-corrected chi connectivity index (χ2v) is 8.94. The molecule has 0 amide bonds. The number of aliphatic hydroxyl groups is 2. The van der Waals surface area contributed by atoms with E-state index in [1.165, 1.54) is 50.7 Å². The molecule has 2 unspecified atom stereocenters. The summed E-state index contributed by atoms with van der Waals surface area (Å²) >= 11 is 0. The van der Waals surface area contributed by atoms with Gasteiger partial charge in [0.15, 0.2) is 0 Å². The lowest BCUT2D eigenvalue weighted by atomic mass is 10.1. The number of benzene rings is 1. The van der Waals surface area contributed by atoms with Gasteiger partial charge in [-0.05, 0) is 31.2 Å². The summed E-state index contributed by atoms with van der Waals surface area (Å²) in [6, 6.07) is 9.99. The number of ether oxygens (including phenoxy) is 3. The highest BCUT2D eigenvalue weighted by Gasteiger charge is 2.46. The van der Waals surface area contributed by atoms with Crippen molar-refractivity contribution in [2.75, 3.05) is 13.7 Å². The van der Waals surface area contributed by atoms with Crippen LogP contribution in [0.5, 0.6) is 5.75 Å². The fraction of sp³-hybridized carbons (Fsp3) is 0.381. The van der Waals surface area contributed by atoms with Crippen molar-refractivity contribution in [3.63, 3.8) is 0 Å². The molecule has 1 aromatic carbocycles. The smallest absolute Gasteiger partial charge is 0.459 e. The number of aromatic nitrogens is 1. The van der Waals surface area contributed by atoms with Gasteiger partial charge in [0.1, 0.15) is 30.1 Å². The van der Waals surface area contributed by atoms with Crippen LogP contribution in [0.15, 0.2) is 54.9 Å². The number of aliphatic hydroxyl groups excluding tert-OH is 2. The normalized spacial score (nSPS) is 24.6. The first-order valence-electron chi connectivity index (χ1n) is 10.2. The standard InChI is InChI=1S/C21H25N2O10P/c1-13(19(26)29-2)23-34(28,33-15-8-4-3-5-9-15)30-12-16-17(24)18(25)21(31-16)32-20(27)14-7-6-10-22-11-14/h3-11,13,16-18,21,24-25H,12H2,1-2H3,(H,23,28)/t13-,16-,17-,18-,21?,34?/m1/s1. The number of hydrogen-bond donors (Lipinski definition) is 3. The molecule has 0 saturated carbocycles. The Morgan fingerprint density at radius 3 is 2.56 bits per heavy atom. The molecule has 2 heterocycles. The van der Waals surface area contributed by atoms with E-state index in [0.717, 1.165) is 0 Å². The fourth-order valence-electron chi connectivity index (χ4n) is 2.95. The van der Waals surface area contributed by atoms with Gasteiger partial charge < -0.3 is 28.9 Å². The number of esters is 2. The number of hydrogen-bond acceptors (Lipinski definition) is 11. The number of nitrogens with zero attached hydrogens (tertiary/aromatic N) is 1. The minimum atomic E-state index is -4.20. The maximum Gasteiger partial charge on any atom is 0.459 e. The number of nitrogens with one attached hydrogen (secondary N) is 1. The molecule has 3 N–H and O–H groups in total. The van der Waals surface area contributed by atoms with Crippen molar-refractivity contribution < 1.29 is 47.6 Å². The van der Waals surface area contributed by atoms with E-state index in [1.807, 2.05) is 0 Å². The molecule has 34 heavy (non-hydrogen) atoms. The summed E-state index contributed by atoms with van der Waals surface area (Å²) in [6.45, 7) is 0.860. The number of carbonyl (C=O) groups excluding carboxylic acids is 2. The summed E-state index contributed by atoms with van der Waals surface area (Å²) in [5.41, 5.74) is 0.120. The third-order valence-corrected chi connectivity index (χ3v) is 6.37. The molecule has 0 aliphatic carbocycles. The van der Waals surface area contributed by atoms with Crippen LogP contribution in [0.2, 0.25) is 0 Å². The van der Waals surface area contributed by atoms with Gasteiger partial charge in [-0.15, -0.1) is 0 Å². The van der Waals surface area contributed by atoms with E-state index >= 15 is 0 Å². The topological polar surface area (TPSA) is 163 Å². The van der Waals surface area contributed by atoms with Gasteiger partial charge in [0.05, 0.1) is 19.3 Å². The lowest BCUT2D eigenvalue weighted by Gasteiger charge is -2.24. The molecule has 184 valence electrons. The number of carbonyl (C=O) groups is 2. The fourth-order valence-corrected chi connectivity index (χ4v) is 4.46. The quantitative estimate of drug-likeness (QED) is 0.317. The molecule has 1 fully saturated rings. The first-order chi connectivity index (χ1) is 16.2. The molecule has 1 saturated heterocycles. The first-order valence-corrected chi connectivity index (χ1v) is 11.7. The molecular weight excluding hydrogens is 471 g/mol. The third kappa shape index (κ3) is 6.60. The van der Waals surface area contributed by atoms with Gasteiger partial charge >= 0.3 is 19.7 Å². The van der Waals surface area contributed by atoms with Gasteiger partial charge in [-0.1, -0.05) is 18.2 Å². The van der Waals surface area contributed by atoms with E-state index in [9.17, 15) is 24.4 Å². The molecule has 1 aromatic heterocycles. The van der Waals surface area contributed by atoms with Crippen LogP contribution in [0.3, 0.4) is 0 Å². The van der Waals surface area contributed by atoms with Crippen LogP contribution in [0.1, 0.15) is 17.3 Å². The molecule has 3 rings (SSSR count). The third-order valence-electron chi connectivity index (χ3n) is 4.72. The predicted octanol–water partition coefficient (Wildman–Crippen LogP) is 1.04. The van der Waals surface area contributed by atoms with Gasteiger partial charge in [-0.3, -0.25) is 14.3 Å². The van der Waals surface area contributed by atoms with Gasteiger partial charge in [0.2, 0.25) is 6.29 Å². The average Bonchev–Trinajstić information content (AvgIpc) is 3.11. The highest BCUT2D eigenvalue weighted by Crippen LogP contribution is 2.45. The number of para-hydroxylation sites is 1. The zero-order chi connectivity index (χ0) is 24.7. The molecule has 12 nitrogen and oxygen atoms in total. The van der Waals surface area contributed by atoms with Crippen LogP contribution in [-0.2, 0) is 28.1 Å². The van der Waals surface area contributed by atoms with Crippen molar-refractivity contribution in [3.8, 4) is 5.75 Å². The summed E-state index contributed by atoms with van der Waals surface area (Å²) in [7, 11) is -3.03. The van der Waals surface area contributed by atoms with Crippen molar-refractivity contribution in [1.29, 1.82) is 0 Å². The van der Waals surface area contributed by atoms with Crippen LogP contribution in [0.25, 0.3) is 0 Å². The summed E-state index contributed by atoms with van der Waals surface area (Å²) in [5.74, 6) is -1.35. The lowest BCUT2D eigenvalue weighted by molar-refractivity contribution is -0.142. The number of pyridine rings is 1. The second-order valence-electron chi connectivity index (χ2n) is 7.24. The SMILES string of the molecule is COC(=O)[C@@H](C)NP(=O)(OC[C@H]1OC(OC(=O)c2cccnc2)[C@H](O)[C@@H]1O)Oc1ccccc1. The maximum absolute atomic E-state index is 13.3. The van der Waals surface area contributed by atoms with Gasteiger partial charge in [-0.25, -0.2) is 9.36 Å². The van der Waals surface area contributed by atoms with Crippen molar-refractivity contribution in [2.24, 2.45) is 0 Å². The van der Waals surface area contributed by atoms with E-state index < -0.39 is 56.9 Å². The Hall–Kier alpha value is -2.86. The first kappa shape index (κ1) is 25.8. The molecule has 13 heteroatoms. The Bertz CT molecular complexity index is 1010. The van der Waals surface area contributed by atoms with Crippen molar-refractivity contribution in [1.82, 2.24) is 10.1 Å². The number of methoxy groups -OCH3 is 1. The maximum atomic E-state index is 13.3. The molecule has 1 aliphatic heterocycles. The number of rotatable bonds is 10. The summed E-state index contributed by atoms with van der Waals surface area (Å²) in [4.78, 5) is 27.8. The van der Waals surface area contributed by atoms with Crippen LogP contribution < -0.4 is 9.61 Å². The van der Waals surface area contributed by atoms with Crippen LogP contribution in [-0.4, -0.2) is 71.5 Å². The monoisotopic (exact) mass is 496 g/mol. The van der Waals surface area contributed by atoms with E-state index in [0.29, 0.717) is 0 Å². The highest BCUT2D eigenvalue weighted by molar-refractivity contribution is 7.52. The zero-order valence-electron chi connectivity index (χ0n) is 18.3. The van der Waals surface area contributed by atoms with Crippen LogP contribution >= 0.6 is 7.75 Å². The van der Waals surface area contributed by atoms with E-state index in [1.54, 1.807) is 18.2 Å². The predicted molar refractivity (Wildman–Crippen MR) is 116 cm³/mol.